The number of hydrogen-bond donors (Lipinski definition) is 1. The molecule has 1 aromatic carbocycles. The summed E-state index contributed by atoms with van der Waals surface area (Å²) in [6, 6.07) is 8.29. The fraction of sp³-hybridized carbons (Fsp3) is 0.471. The molecule has 3 nitrogen and oxygen atoms in total. The van der Waals surface area contributed by atoms with E-state index in [9.17, 15) is 0 Å². The van der Waals surface area contributed by atoms with Crippen LogP contribution in [0.5, 0.6) is 0 Å². The number of fused-ring (bicyclic) bond motifs is 1. The largest absolute Gasteiger partial charge is 0.377 e. The zero-order chi connectivity index (χ0) is 14.5. The monoisotopic (exact) mass is 348 g/mol. The van der Waals surface area contributed by atoms with Crippen molar-refractivity contribution in [2.24, 2.45) is 0 Å². The molecule has 0 saturated heterocycles. The van der Waals surface area contributed by atoms with E-state index in [1.807, 2.05) is 12.3 Å². The van der Waals surface area contributed by atoms with Crippen molar-refractivity contribution in [1.82, 2.24) is 10.3 Å². The normalized spacial score (nSPS) is 15.9. The van der Waals surface area contributed by atoms with E-state index in [0.29, 0.717) is 6.10 Å². The van der Waals surface area contributed by atoms with Crippen LogP contribution in [0.3, 0.4) is 0 Å². The lowest BCUT2D eigenvalue weighted by molar-refractivity contribution is 0.0603. The minimum absolute atomic E-state index is 0.502. The number of aromatic nitrogens is 1. The number of pyridine rings is 1. The maximum atomic E-state index is 5.86. The van der Waals surface area contributed by atoms with E-state index in [4.69, 9.17) is 4.74 Å². The Morgan fingerprint density at radius 2 is 2.10 bits per heavy atom. The molecule has 0 radical (unpaired) electrons. The lowest BCUT2D eigenvalue weighted by Gasteiger charge is -2.12. The van der Waals surface area contributed by atoms with E-state index >= 15 is 0 Å². The average Bonchev–Trinajstić information content (AvgIpc) is 3.03. The molecule has 1 aliphatic rings. The molecule has 1 N–H and O–H groups in total. The second kappa shape index (κ2) is 7.34. The molecule has 112 valence electrons. The van der Waals surface area contributed by atoms with E-state index in [-0.39, 0.29) is 0 Å². The zero-order valence-electron chi connectivity index (χ0n) is 12.1. The van der Waals surface area contributed by atoms with Gasteiger partial charge >= 0.3 is 0 Å². The van der Waals surface area contributed by atoms with Crippen LogP contribution in [0, 0.1) is 0 Å². The highest BCUT2D eigenvalue weighted by molar-refractivity contribution is 9.10. The number of halogens is 1. The third-order valence-electron chi connectivity index (χ3n) is 4.05. The summed E-state index contributed by atoms with van der Waals surface area (Å²) >= 11 is 3.58. The van der Waals surface area contributed by atoms with Crippen LogP contribution in [0.4, 0.5) is 0 Å². The Balaban J connectivity index is 1.52. The lowest BCUT2D eigenvalue weighted by atomic mass is 10.1. The Kier molecular flexibility index (Phi) is 5.22. The maximum absolute atomic E-state index is 5.86. The summed E-state index contributed by atoms with van der Waals surface area (Å²) in [7, 11) is 0. The van der Waals surface area contributed by atoms with Gasteiger partial charge in [-0.05, 0) is 30.5 Å². The first-order chi connectivity index (χ1) is 10.3. The van der Waals surface area contributed by atoms with E-state index in [1.165, 1.54) is 36.6 Å². The molecule has 1 aliphatic carbocycles. The molecule has 0 spiro atoms. The van der Waals surface area contributed by atoms with Crippen LogP contribution in [0.15, 0.2) is 34.9 Å². The van der Waals surface area contributed by atoms with E-state index in [1.54, 1.807) is 0 Å². The van der Waals surface area contributed by atoms with E-state index in [2.05, 4.69) is 44.4 Å². The third-order valence-corrected chi connectivity index (χ3v) is 4.74. The summed E-state index contributed by atoms with van der Waals surface area (Å²) in [5.74, 6) is 0. The van der Waals surface area contributed by atoms with Crippen molar-refractivity contribution < 1.29 is 4.74 Å². The fourth-order valence-electron chi connectivity index (χ4n) is 2.91. The highest BCUT2D eigenvalue weighted by Crippen LogP contribution is 2.25. The minimum atomic E-state index is 0.502. The molecule has 0 bridgehead atoms. The Hall–Kier alpha value is -0.970. The van der Waals surface area contributed by atoms with Crippen LogP contribution < -0.4 is 5.32 Å². The first kappa shape index (κ1) is 14.9. The quantitative estimate of drug-likeness (QED) is 0.799. The Bertz CT molecular complexity index is 596. The van der Waals surface area contributed by atoms with E-state index < -0.39 is 0 Å². The smallest absolute Gasteiger partial charge is 0.0758 e. The molecule has 1 fully saturated rings. The van der Waals surface area contributed by atoms with Crippen LogP contribution in [0.2, 0.25) is 0 Å². The lowest BCUT2D eigenvalue weighted by Crippen LogP contribution is -2.22. The van der Waals surface area contributed by atoms with Crippen LogP contribution >= 0.6 is 15.9 Å². The molecule has 1 aromatic heterocycles. The standard InChI is InChI=1S/C17H21BrN2O/c18-16-8-7-13(17-15(16)6-3-9-20-17)12-19-10-11-21-14-4-1-2-5-14/h3,6-9,14,19H,1-2,4-5,10-12H2. The summed E-state index contributed by atoms with van der Waals surface area (Å²) < 4.78 is 6.96. The van der Waals surface area contributed by atoms with Gasteiger partial charge in [-0.1, -0.05) is 40.9 Å². The Morgan fingerprint density at radius 3 is 2.95 bits per heavy atom. The van der Waals surface area contributed by atoms with Crippen LogP contribution in [-0.4, -0.2) is 24.2 Å². The topological polar surface area (TPSA) is 34.1 Å². The average molecular weight is 349 g/mol. The number of nitrogens with zero attached hydrogens (tertiary/aromatic N) is 1. The van der Waals surface area contributed by atoms with Gasteiger partial charge in [0.2, 0.25) is 0 Å². The second-order valence-corrected chi connectivity index (χ2v) is 6.41. The molecule has 21 heavy (non-hydrogen) atoms. The molecule has 0 atom stereocenters. The highest BCUT2D eigenvalue weighted by atomic mass is 79.9. The molecule has 2 aromatic rings. The second-order valence-electron chi connectivity index (χ2n) is 5.56. The first-order valence-electron chi connectivity index (χ1n) is 7.69. The van der Waals surface area contributed by atoms with Crippen molar-refractivity contribution >= 4 is 26.8 Å². The van der Waals surface area contributed by atoms with Crippen molar-refractivity contribution in [3.05, 3.63) is 40.5 Å². The van der Waals surface area contributed by atoms with Crippen molar-refractivity contribution in [1.29, 1.82) is 0 Å². The fourth-order valence-corrected chi connectivity index (χ4v) is 3.37. The van der Waals surface area contributed by atoms with Crippen LogP contribution in [0.25, 0.3) is 10.9 Å². The van der Waals surface area contributed by atoms with Crippen LogP contribution in [-0.2, 0) is 11.3 Å². The first-order valence-corrected chi connectivity index (χ1v) is 8.48. The van der Waals surface area contributed by atoms with Crippen LogP contribution in [0.1, 0.15) is 31.2 Å². The van der Waals surface area contributed by atoms with Gasteiger partial charge in [0.25, 0.3) is 0 Å². The van der Waals surface area contributed by atoms with Gasteiger partial charge in [-0.2, -0.15) is 0 Å². The zero-order valence-corrected chi connectivity index (χ0v) is 13.7. The molecule has 0 unspecified atom stereocenters. The van der Waals surface area contributed by atoms with Gasteiger partial charge in [0.15, 0.2) is 0 Å². The Labute approximate surface area is 134 Å². The number of benzene rings is 1. The summed E-state index contributed by atoms with van der Waals surface area (Å²) in [6.45, 7) is 2.52. The van der Waals surface area contributed by atoms with Gasteiger partial charge in [-0.3, -0.25) is 4.98 Å². The number of ether oxygens (including phenoxy) is 1. The van der Waals surface area contributed by atoms with Crippen molar-refractivity contribution in [3.8, 4) is 0 Å². The molecule has 0 aliphatic heterocycles. The summed E-state index contributed by atoms with van der Waals surface area (Å²) in [5.41, 5.74) is 2.30. The minimum Gasteiger partial charge on any atom is -0.377 e. The van der Waals surface area contributed by atoms with Gasteiger partial charge in [-0.25, -0.2) is 0 Å². The summed E-state index contributed by atoms with van der Waals surface area (Å²) in [4.78, 5) is 4.50. The van der Waals surface area contributed by atoms with Gasteiger partial charge < -0.3 is 10.1 Å². The Morgan fingerprint density at radius 1 is 1.24 bits per heavy atom. The van der Waals surface area contributed by atoms with Gasteiger partial charge in [0, 0.05) is 29.1 Å². The number of hydrogen-bond acceptors (Lipinski definition) is 3. The predicted octanol–water partition coefficient (Wildman–Crippen LogP) is 4.05. The van der Waals surface area contributed by atoms with Crippen molar-refractivity contribution in [2.45, 2.75) is 38.3 Å². The summed E-state index contributed by atoms with van der Waals surface area (Å²) in [6.07, 6.45) is 7.48. The van der Waals surface area contributed by atoms with Crippen molar-refractivity contribution in [2.75, 3.05) is 13.2 Å². The molecular weight excluding hydrogens is 328 g/mol. The molecule has 1 saturated carbocycles. The van der Waals surface area contributed by atoms with E-state index in [0.717, 1.165) is 29.7 Å². The summed E-state index contributed by atoms with van der Waals surface area (Å²) in [5, 5.41) is 4.62. The molecule has 1 heterocycles. The number of rotatable bonds is 6. The highest BCUT2D eigenvalue weighted by Gasteiger charge is 2.14. The molecule has 3 rings (SSSR count). The van der Waals surface area contributed by atoms with Gasteiger partial charge in [-0.15, -0.1) is 0 Å². The van der Waals surface area contributed by atoms with Gasteiger partial charge in [0.05, 0.1) is 18.2 Å². The number of nitrogens with one attached hydrogen (secondary N) is 1. The SMILES string of the molecule is Brc1ccc(CNCCOC2CCCC2)c2ncccc12. The van der Waals surface area contributed by atoms with Crippen molar-refractivity contribution in [3.63, 3.8) is 0 Å². The van der Waals surface area contributed by atoms with Gasteiger partial charge in [0.1, 0.15) is 0 Å². The molecule has 0 amide bonds. The molecule has 4 heteroatoms. The third kappa shape index (κ3) is 3.82. The predicted molar refractivity (Wildman–Crippen MR) is 89.4 cm³/mol. The maximum Gasteiger partial charge on any atom is 0.0758 e. The molecular formula is C17H21BrN2O.